The van der Waals surface area contributed by atoms with Crippen LogP contribution in [0.25, 0.3) is 4.85 Å². The quantitative estimate of drug-likeness (QED) is 0.123. The van der Waals surface area contributed by atoms with Crippen molar-refractivity contribution in [2.45, 2.75) is 60.0 Å². The topological polar surface area (TPSA) is 159 Å². The molecule has 0 radical (unpaired) electrons. The highest BCUT2D eigenvalue weighted by molar-refractivity contribution is 7.53. The van der Waals surface area contributed by atoms with Crippen molar-refractivity contribution in [1.82, 2.24) is 0 Å². The molecule has 0 spiro atoms. The van der Waals surface area contributed by atoms with E-state index < -0.39 is 41.3 Å². The molecule has 0 bridgehead atoms. The third kappa shape index (κ3) is 9.34. The molecule has 0 aromatic heterocycles. The van der Waals surface area contributed by atoms with Crippen molar-refractivity contribution in [3.05, 3.63) is 39.2 Å². The first kappa shape index (κ1) is 35.2. The second-order valence-corrected chi connectivity index (χ2v) is 13.8. The van der Waals surface area contributed by atoms with Crippen LogP contribution in [0.2, 0.25) is 0 Å². The Bertz CT molecular complexity index is 1060. The molecule has 12 nitrogen and oxygen atoms in total. The maximum atomic E-state index is 13.5. The first-order valence-electron chi connectivity index (χ1n) is 12.5. The van der Waals surface area contributed by atoms with Crippen LogP contribution in [0.5, 0.6) is 0 Å². The molecule has 0 amide bonds. The summed E-state index contributed by atoms with van der Waals surface area (Å²) in [4.78, 5) is 3.56. The minimum Gasteiger partial charge on any atom is -0.309 e. The summed E-state index contributed by atoms with van der Waals surface area (Å²) < 4.78 is 73.1. The Kier molecular flexibility index (Phi) is 14.8. The van der Waals surface area contributed by atoms with Gasteiger partial charge in [-0.25, -0.2) is 4.85 Å². The van der Waals surface area contributed by atoms with Crippen LogP contribution in [0.1, 0.15) is 69.4 Å². The summed E-state index contributed by atoms with van der Waals surface area (Å²) in [6.45, 7) is 17.8. The minimum atomic E-state index is -3.88. The lowest BCUT2D eigenvalue weighted by Crippen LogP contribution is -2.11. The van der Waals surface area contributed by atoms with Crippen LogP contribution in [0.4, 0.5) is 5.69 Å². The summed E-state index contributed by atoms with van der Waals surface area (Å²) in [5, 5.41) is 20.5. The first-order chi connectivity index (χ1) is 18.5. The molecular weight excluding hydrogens is 567 g/mol. The molecule has 1 aromatic carbocycles. The van der Waals surface area contributed by atoms with Gasteiger partial charge in [-0.2, -0.15) is 10.5 Å². The second-order valence-electron chi connectivity index (χ2n) is 7.68. The summed E-state index contributed by atoms with van der Waals surface area (Å²) in [6, 6.07) is 3.95. The highest BCUT2D eigenvalue weighted by atomic mass is 31.2. The Labute approximate surface area is 230 Å². The van der Waals surface area contributed by atoms with Gasteiger partial charge < -0.3 is 27.1 Å². The van der Waals surface area contributed by atoms with Gasteiger partial charge in [0.2, 0.25) is 0 Å². The van der Waals surface area contributed by atoms with Crippen molar-refractivity contribution in [3.8, 4) is 12.1 Å². The molecule has 0 aliphatic carbocycles. The fourth-order valence-corrected chi connectivity index (χ4v) is 9.15. The van der Waals surface area contributed by atoms with Gasteiger partial charge in [-0.1, -0.05) is 0 Å². The van der Waals surface area contributed by atoms with Gasteiger partial charge in [0.05, 0.1) is 88.0 Å². The Morgan fingerprint density at radius 2 is 0.846 bits per heavy atom. The number of nitriles is 2. The summed E-state index contributed by atoms with van der Waals surface area (Å²) in [5.74, 6) is 0. The van der Waals surface area contributed by atoms with Crippen LogP contribution < -0.4 is 0 Å². The van der Waals surface area contributed by atoms with E-state index in [9.17, 15) is 24.2 Å². The predicted octanol–water partition coefficient (Wildman–Crippen LogP) is 7.28. The fraction of sp³-hybridized carbons (Fsp3) is 0.625. The van der Waals surface area contributed by atoms with E-state index in [-0.39, 0.29) is 73.1 Å². The van der Waals surface area contributed by atoms with Gasteiger partial charge in [-0.3, -0.25) is 13.7 Å². The molecule has 15 heteroatoms. The number of rotatable bonds is 18. The normalized spacial score (nSPS) is 12.1. The number of hydrogen-bond donors (Lipinski definition) is 0. The average Bonchev–Trinajstić information content (AvgIpc) is 2.85. The molecule has 0 fully saturated rings. The molecule has 39 heavy (non-hydrogen) atoms. The van der Waals surface area contributed by atoms with E-state index >= 15 is 0 Å². The number of benzene rings is 1. The molecular formula is C24H36N3O9P3. The lowest BCUT2D eigenvalue weighted by Gasteiger charge is -2.25. The molecule has 0 saturated carbocycles. The van der Waals surface area contributed by atoms with Crippen molar-refractivity contribution < 1.29 is 40.8 Å². The Hall–Kier alpha value is -1.86. The molecule has 0 heterocycles. The van der Waals surface area contributed by atoms with E-state index in [1.165, 1.54) is 0 Å². The largest absolute Gasteiger partial charge is 0.335 e. The molecule has 0 atom stereocenters. The lowest BCUT2D eigenvalue weighted by molar-refractivity contribution is 0.218. The third-order valence-corrected chi connectivity index (χ3v) is 11.1. The van der Waals surface area contributed by atoms with Crippen LogP contribution in [0.3, 0.4) is 0 Å². The van der Waals surface area contributed by atoms with Gasteiger partial charge >= 0.3 is 22.8 Å². The van der Waals surface area contributed by atoms with Gasteiger partial charge in [-0.15, -0.1) is 0 Å². The zero-order valence-corrected chi connectivity index (χ0v) is 25.9. The maximum absolute atomic E-state index is 13.5. The smallest absolute Gasteiger partial charge is 0.309 e. The summed E-state index contributed by atoms with van der Waals surface area (Å²) in [7, 11) is -11.6. The highest BCUT2D eigenvalue weighted by Crippen LogP contribution is 2.59. The standard InChI is InChI=1S/C24H36N3O9P3/c1-8-31-37(28,32-9-2)16-21-19(14-25)22(17-38(29,33-10-3)34-11-4)24(27-7)23(20(21)15-26)18-39(30,35-12-5)36-13-6/h8-13,16-18H2,1-6H3. The van der Waals surface area contributed by atoms with Crippen LogP contribution in [-0.2, 0) is 59.3 Å². The SMILES string of the molecule is [C-]#[N+]c1c(CP(=O)(OCC)OCC)c(C#N)c(CP(=O)(OCC)OCC)c(C#N)c1CP(=O)(OCC)OCC. The molecule has 0 N–H and O–H groups in total. The first-order valence-corrected chi connectivity index (χ1v) is 17.7. The van der Waals surface area contributed by atoms with Gasteiger partial charge in [0, 0.05) is 0 Å². The highest BCUT2D eigenvalue weighted by Gasteiger charge is 2.37. The average molecular weight is 603 g/mol. The zero-order valence-electron chi connectivity index (χ0n) is 23.2. The molecule has 0 aliphatic heterocycles. The molecule has 1 aromatic rings. The van der Waals surface area contributed by atoms with E-state index in [4.69, 9.17) is 33.7 Å². The lowest BCUT2D eigenvalue weighted by atomic mass is 9.92. The van der Waals surface area contributed by atoms with Crippen LogP contribution >= 0.6 is 22.8 Å². The summed E-state index contributed by atoms with van der Waals surface area (Å²) >= 11 is 0. The summed E-state index contributed by atoms with van der Waals surface area (Å²) in [5.41, 5.74) is -0.802. The summed E-state index contributed by atoms with van der Waals surface area (Å²) in [6.07, 6.45) is -1.50. The van der Waals surface area contributed by atoms with Crippen molar-refractivity contribution in [3.63, 3.8) is 0 Å². The Morgan fingerprint density at radius 3 is 1.05 bits per heavy atom. The van der Waals surface area contributed by atoms with Gasteiger partial charge in [0.25, 0.3) is 0 Å². The van der Waals surface area contributed by atoms with Crippen molar-refractivity contribution in [2.24, 2.45) is 0 Å². The van der Waals surface area contributed by atoms with Gasteiger partial charge in [-0.05, 0) is 58.2 Å². The van der Waals surface area contributed by atoms with Crippen LogP contribution in [0.15, 0.2) is 0 Å². The molecule has 1 rings (SSSR count). The second kappa shape index (κ2) is 16.4. The van der Waals surface area contributed by atoms with Crippen molar-refractivity contribution >= 4 is 28.5 Å². The predicted molar refractivity (Wildman–Crippen MR) is 146 cm³/mol. The van der Waals surface area contributed by atoms with E-state index in [2.05, 4.69) is 4.85 Å². The molecule has 0 unspecified atom stereocenters. The van der Waals surface area contributed by atoms with E-state index in [1.807, 2.05) is 12.1 Å². The van der Waals surface area contributed by atoms with E-state index in [1.54, 1.807) is 41.5 Å². The van der Waals surface area contributed by atoms with Crippen LogP contribution in [-0.4, -0.2) is 39.6 Å². The van der Waals surface area contributed by atoms with Gasteiger partial charge in [0.1, 0.15) is 0 Å². The van der Waals surface area contributed by atoms with Crippen molar-refractivity contribution in [1.29, 1.82) is 10.5 Å². The monoisotopic (exact) mass is 603 g/mol. The number of nitrogens with zero attached hydrogens (tertiary/aromatic N) is 3. The van der Waals surface area contributed by atoms with Crippen molar-refractivity contribution in [2.75, 3.05) is 39.6 Å². The minimum absolute atomic E-state index is 0.0225. The molecule has 0 saturated heterocycles. The van der Waals surface area contributed by atoms with Gasteiger partial charge in [0.15, 0.2) is 5.69 Å². The number of hydrogen-bond acceptors (Lipinski definition) is 11. The maximum Gasteiger partial charge on any atom is 0.335 e. The third-order valence-electron chi connectivity index (χ3n) is 5.12. The van der Waals surface area contributed by atoms with E-state index in [0.717, 1.165) is 0 Å². The fourth-order valence-electron chi connectivity index (χ4n) is 3.93. The molecule has 0 aliphatic rings. The Balaban J connectivity index is 4.24. The Morgan fingerprint density at radius 1 is 0.590 bits per heavy atom. The van der Waals surface area contributed by atoms with E-state index in [0.29, 0.717) is 0 Å². The zero-order chi connectivity index (χ0) is 29.7. The van der Waals surface area contributed by atoms with Crippen LogP contribution in [0, 0.1) is 29.2 Å². The molecule has 216 valence electrons.